The van der Waals surface area contributed by atoms with E-state index in [2.05, 4.69) is 67.8 Å². The number of rotatable bonds is 43. The topological polar surface area (TPSA) is 169 Å². The van der Waals surface area contributed by atoms with Gasteiger partial charge in [-0.3, -0.25) is 18.6 Å². The molecule has 0 aliphatic rings. The Bertz CT molecular complexity index is 1250. The van der Waals surface area contributed by atoms with Gasteiger partial charge in [-0.2, -0.15) is 0 Å². The van der Waals surface area contributed by atoms with E-state index in [1.165, 1.54) is 96.3 Å². The van der Waals surface area contributed by atoms with Gasteiger partial charge in [-0.1, -0.05) is 164 Å². The average molecular weight is 866 g/mol. The maximum atomic E-state index is 12.3. The van der Waals surface area contributed by atoms with Crippen LogP contribution in [0.3, 0.4) is 0 Å². The van der Waals surface area contributed by atoms with Crippen molar-refractivity contribution in [3.05, 3.63) is 60.8 Å². The maximum Gasteiger partial charge on any atom is 0.472 e. The summed E-state index contributed by atoms with van der Waals surface area (Å²) in [5.74, 6) is -2.44. The lowest BCUT2D eigenvalue weighted by Gasteiger charge is -2.18. The number of carboxylic acids is 1. The summed E-state index contributed by atoms with van der Waals surface area (Å²) in [7, 11) is -4.77. The lowest BCUT2D eigenvalue weighted by molar-refractivity contribution is -0.147. The fourth-order valence-corrected chi connectivity index (χ4v) is 6.90. The fourth-order valence-electron chi connectivity index (χ4n) is 6.13. The van der Waals surface area contributed by atoms with Crippen LogP contribution < -0.4 is 5.32 Å². The molecule has 0 aromatic rings. The smallest absolute Gasteiger partial charge is 0.472 e. The highest BCUT2D eigenvalue weighted by Gasteiger charge is 2.28. The van der Waals surface area contributed by atoms with E-state index in [1.807, 2.05) is 12.2 Å². The first-order valence-corrected chi connectivity index (χ1v) is 24.8. The number of carbonyl (C=O) groups excluding carboxylic acids is 2. The van der Waals surface area contributed by atoms with E-state index in [4.69, 9.17) is 13.8 Å². The number of hydrogen-bond donors (Lipinski definition) is 4. The molecule has 12 heteroatoms. The lowest BCUT2D eigenvalue weighted by Crippen LogP contribution is -2.43. The van der Waals surface area contributed by atoms with Crippen molar-refractivity contribution in [2.45, 2.75) is 206 Å². The number of phosphoric ester groups is 1. The second-order valence-electron chi connectivity index (χ2n) is 15.6. The summed E-state index contributed by atoms with van der Waals surface area (Å²) in [6, 6.07) is -1.56. The number of unbranched alkanes of at least 4 members (excludes halogenated alkanes) is 19. The predicted octanol–water partition coefficient (Wildman–Crippen LogP) is 12.3. The van der Waals surface area contributed by atoms with Gasteiger partial charge in [-0.25, -0.2) is 9.36 Å². The minimum absolute atomic E-state index is 0.138. The molecule has 0 radical (unpaired) electrons. The van der Waals surface area contributed by atoms with Crippen molar-refractivity contribution in [3.8, 4) is 0 Å². The zero-order chi connectivity index (χ0) is 44.2. The van der Waals surface area contributed by atoms with Crippen LogP contribution in [0.25, 0.3) is 0 Å². The number of allylic oxidation sites excluding steroid dienone is 10. The number of esters is 1. The standard InChI is InChI=1S/C48H84NO10P/c1-3-5-7-9-11-13-15-17-19-21-22-24-25-27-29-31-33-35-37-39-46(51)49-45(48(53)54)43-59-60(55,56)58-42-44(50)41-57-47(52)40-38-36-34-32-30-28-26-23-20-18-16-14-12-10-8-6-4-2/h12,14,17-20,26,28,32,34,44-45,50H,3-11,13,15-16,21-25,27,29-31,33,35-43H2,1-2H3,(H,49,51)(H,53,54)(H,55,56)/b14-12-,19-17+,20-18-,28-26-,34-32-. The second kappa shape index (κ2) is 42.9. The molecule has 0 spiro atoms. The van der Waals surface area contributed by atoms with E-state index in [9.17, 15) is 34.1 Å². The quantitative estimate of drug-likeness (QED) is 0.0200. The number of aliphatic carboxylic acids is 1. The molecule has 3 unspecified atom stereocenters. The summed E-state index contributed by atoms with van der Waals surface area (Å²) in [5.41, 5.74) is 0. The molecule has 0 heterocycles. The summed E-state index contributed by atoms with van der Waals surface area (Å²) >= 11 is 0. The molecule has 0 fully saturated rings. The van der Waals surface area contributed by atoms with Gasteiger partial charge >= 0.3 is 19.8 Å². The molecule has 0 saturated carbocycles. The third-order valence-corrected chi connectivity index (χ3v) is 10.7. The number of aliphatic hydroxyl groups excluding tert-OH is 1. The van der Waals surface area contributed by atoms with Crippen molar-refractivity contribution in [1.29, 1.82) is 0 Å². The average Bonchev–Trinajstić information content (AvgIpc) is 3.22. The molecule has 11 nitrogen and oxygen atoms in total. The van der Waals surface area contributed by atoms with E-state index < -0.39 is 57.6 Å². The zero-order valence-corrected chi connectivity index (χ0v) is 38.4. The molecule has 0 aliphatic carbocycles. The SMILES string of the molecule is CCCCC/C=C\C/C=C\C/C=C\C/C=C\CCCC(=O)OCC(O)COP(=O)(O)OCC(NC(=O)CCCCCCCCCCC/C=C/CCCCCCCC)C(=O)O. The Balaban J connectivity index is 3.95. The van der Waals surface area contributed by atoms with Gasteiger partial charge in [0.15, 0.2) is 6.04 Å². The van der Waals surface area contributed by atoms with Gasteiger partial charge in [0.1, 0.15) is 12.7 Å². The number of carbonyl (C=O) groups is 3. The molecule has 0 saturated heterocycles. The molecular weight excluding hydrogens is 781 g/mol. The molecular formula is C48H84NO10P. The number of hydrogen-bond acceptors (Lipinski definition) is 8. The Hall–Kier alpha value is -2.82. The van der Waals surface area contributed by atoms with Crippen molar-refractivity contribution >= 4 is 25.7 Å². The molecule has 3 atom stereocenters. The molecule has 0 aromatic carbocycles. The van der Waals surface area contributed by atoms with Crippen molar-refractivity contribution in [1.82, 2.24) is 5.32 Å². The number of carboxylic acid groups (broad SMARTS) is 1. The number of amides is 1. The monoisotopic (exact) mass is 866 g/mol. The summed E-state index contributed by atoms with van der Waals surface area (Å²) in [4.78, 5) is 46.0. The van der Waals surface area contributed by atoms with Crippen LogP contribution in [0.15, 0.2) is 60.8 Å². The Labute approximate surface area is 364 Å². The summed E-state index contributed by atoms with van der Waals surface area (Å²) < 4.78 is 26.8. The van der Waals surface area contributed by atoms with Crippen LogP contribution >= 0.6 is 7.82 Å². The van der Waals surface area contributed by atoms with Gasteiger partial charge < -0.3 is 25.2 Å². The molecule has 0 rings (SSSR count). The molecule has 1 amide bonds. The maximum absolute atomic E-state index is 12.3. The highest BCUT2D eigenvalue weighted by molar-refractivity contribution is 7.47. The van der Waals surface area contributed by atoms with Crippen molar-refractivity contribution < 1.29 is 47.8 Å². The third kappa shape index (κ3) is 41.9. The first-order valence-electron chi connectivity index (χ1n) is 23.3. The molecule has 60 heavy (non-hydrogen) atoms. The summed E-state index contributed by atoms with van der Waals surface area (Å²) in [6.45, 7) is 2.51. The first kappa shape index (κ1) is 57.2. The zero-order valence-electron chi connectivity index (χ0n) is 37.5. The van der Waals surface area contributed by atoms with E-state index in [0.717, 1.165) is 51.4 Å². The Morgan fingerprint density at radius 2 is 0.933 bits per heavy atom. The van der Waals surface area contributed by atoms with Crippen LogP contribution in [0.1, 0.15) is 194 Å². The highest BCUT2D eigenvalue weighted by Crippen LogP contribution is 2.43. The lowest BCUT2D eigenvalue weighted by atomic mass is 10.1. The van der Waals surface area contributed by atoms with Gasteiger partial charge in [0.25, 0.3) is 0 Å². The van der Waals surface area contributed by atoms with E-state index in [-0.39, 0.29) is 12.8 Å². The number of ether oxygens (including phenoxy) is 1. The van der Waals surface area contributed by atoms with Gasteiger partial charge in [-0.05, 0) is 77.0 Å². The van der Waals surface area contributed by atoms with Crippen molar-refractivity contribution in [3.63, 3.8) is 0 Å². The number of nitrogens with one attached hydrogen (secondary N) is 1. The number of phosphoric acid groups is 1. The Morgan fingerprint density at radius 1 is 0.533 bits per heavy atom. The van der Waals surface area contributed by atoms with Gasteiger partial charge in [0.2, 0.25) is 5.91 Å². The van der Waals surface area contributed by atoms with Crippen LogP contribution in [-0.2, 0) is 32.7 Å². The Kier molecular flexibility index (Phi) is 40.8. The van der Waals surface area contributed by atoms with E-state index >= 15 is 0 Å². The van der Waals surface area contributed by atoms with Crippen LogP contribution in [0.4, 0.5) is 0 Å². The van der Waals surface area contributed by atoms with Gasteiger partial charge in [0, 0.05) is 12.8 Å². The molecule has 346 valence electrons. The summed E-state index contributed by atoms with van der Waals surface area (Å²) in [5, 5.41) is 21.8. The predicted molar refractivity (Wildman–Crippen MR) is 245 cm³/mol. The molecule has 4 N–H and O–H groups in total. The second-order valence-corrected chi connectivity index (χ2v) is 17.0. The fraction of sp³-hybridized carbons (Fsp3) is 0.729. The van der Waals surface area contributed by atoms with Crippen LogP contribution in [0.5, 0.6) is 0 Å². The third-order valence-electron chi connectivity index (χ3n) is 9.78. The molecule has 0 aliphatic heterocycles. The van der Waals surface area contributed by atoms with Crippen LogP contribution in [-0.4, -0.2) is 64.9 Å². The summed E-state index contributed by atoms with van der Waals surface area (Å²) in [6.07, 6.45) is 49.6. The van der Waals surface area contributed by atoms with Crippen molar-refractivity contribution in [2.24, 2.45) is 0 Å². The highest BCUT2D eigenvalue weighted by atomic mass is 31.2. The first-order chi connectivity index (χ1) is 29.1. The Morgan fingerprint density at radius 3 is 1.45 bits per heavy atom. The normalized spacial score (nSPS) is 14.2. The molecule has 0 bridgehead atoms. The minimum atomic E-state index is -4.77. The van der Waals surface area contributed by atoms with Gasteiger partial charge in [0.05, 0.1) is 13.2 Å². The van der Waals surface area contributed by atoms with Crippen LogP contribution in [0.2, 0.25) is 0 Å². The van der Waals surface area contributed by atoms with Gasteiger partial charge in [-0.15, -0.1) is 0 Å². The van der Waals surface area contributed by atoms with E-state index in [1.54, 1.807) is 0 Å². The van der Waals surface area contributed by atoms with Crippen molar-refractivity contribution in [2.75, 3.05) is 19.8 Å². The van der Waals surface area contributed by atoms with E-state index in [0.29, 0.717) is 19.3 Å². The van der Waals surface area contributed by atoms with Crippen LogP contribution in [0, 0.1) is 0 Å². The largest absolute Gasteiger partial charge is 0.480 e. The number of aliphatic hydroxyl groups is 1. The molecule has 0 aromatic heterocycles. The minimum Gasteiger partial charge on any atom is -0.480 e.